The van der Waals surface area contributed by atoms with Crippen LogP contribution in [0.1, 0.15) is 12.8 Å². The van der Waals surface area contributed by atoms with Gasteiger partial charge in [-0.2, -0.15) is 0 Å². The minimum Gasteiger partial charge on any atom is -0.502 e. The first-order chi connectivity index (χ1) is 4.16. The quantitative estimate of drug-likeness (QED) is 0.478. The Hall–Kier alpha value is -0.700. The average molecular weight is 144 g/mol. The van der Waals surface area contributed by atoms with Crippen LogP contribution >= 0.6 is 12.2 Å². The van der Waals surface area contributed by atoms with E-state index >= 15 is 0 Å². The molecule has 0 aromatic rings. The molecule has 0 amide bonds. The van der Waals surface area contributed by atoms with Crippen LogP contribution in [-0.4, -0.2) is 15.9 Å². The van der Waals surface area contributed by atoms with Crippen molar-refractivity contribution in [3.05, 3.63) is 12.7 Å². The van der Waals surface area contributed by atoms with E-state index in [1.54, 1.807) is 0 Å². The smallest absolute Gasteiger partial charge is 0.156 e. The number of ketones is 1. The van der Waals surface area contributed by atoms with E-state index in [1.807, 2.05) is 0 Å². The van der Waals surface area contributed by atoms with E-state index in [0.29, 0.717) is 0 Å². The number of carbonyl (C=O) groups excluding carboxylic acids is 1. The fourth-order valence-corrected chi connectivity index (χ4v) is 0.434. The molecule has 0 aliphatic carbocycles. The third kappa shape index (κ3) is 5.17. The second-order valence-electron chi connectivity index (χ2n) is 1.56. The predicted molar refractivity (Wildman–Crippen MR) is 39.7 cm³/mol. The Bertz CT molecular complexity index is 140. The molecule has 1 N–H and O–H groups in total. The largest absolute Gasteiger partial charge is 0.502 e. The van der Waals surface area contributed by atoms with Crippen LogP contribution in [0.5, 0.6) is 0 Å². The average Bonchev–Trinajstić information content (AvgIpc) is 1.83. The van der Waals surface area contributed by atoms with Gasteiger partial charge < -0.3 is 5.11 Å². The molecule has 0 saturated heterocycles. The fourth-order valence-electron chi connectivity index (χ4n) is 0.332. The van der Waals surface area contributed by atoms with Crippen LogP contribution in [0.15, 0.2) is 12.7 Å². The summed E-state index contributed by atoms with van der Waals surface area (Å²) in [5, 5.41) is 8.32. The molecule has 2 nitrogen and oxygen atoms in total. The first kappa shape index (κ1) is 8.30. The Kier molecular flexibility index (Phi) is 3.88. The van der Waals surface area contributed by atoms with Gasteiger partial charge in [0, 0.05) is 12.8 Å². The maximum Gasteiger partial charge on any atom is 0.156 e. The number of aliphatic hydroxyl groups excluding tert-OH is 1. The monoisotopic (exact) mass is 144 g/mol. The zero-order chi connectivity index (χ0) is 7.28. The van der Waals surface area contributed by atoms with E-state index in [0.717, 1.165) is 0 Å². The molecule has 9 heavy (non-hydrogen) atoms. The normalized spacial score (nSPS) is 8.44. The van der Waals surface area contributed by atoms with E-state index in [1.165, 1.54) is 6.08 Å². The van der Waals surface area contributed by atoms with Crippen LogP contribution in [0, 0.1) is 0 Å². The number of carbonyl (C=O) groups is 1. The zero-order valence-electron chi connectivity index (χ0n) is 4.96. The molecule has 0 aromatic heterocycles. The van der Waals surface area contributed by atoms with Gasteiger partial charge in [0.15, 0.2) is 10.8 Å². The van der Waals surface area contributed by atoms with Gasteiger partial charge in [-0.1, -0.05) is 6.58 Å². The molecule has 0 rings (SSSR count). The molecule has 0 aromatic carbocycles. The fraction of sp³-hybridized carbons (Fsp3) is 0.333. The van der Waals surface area contributed by atoms with E-state index in [-0.39, 0.29) is 23.7 Å². The van der Waals surface area contributed by atoms with Crippen LogP contribution in [0.25, 0.3) is 0 Å². The number of aliphatic hydroxyl groups is 1. The minimum atomic E-state index is -0.120. The molecule has 0 spiro atoms. The first-order valence-electron chi connectivity index (χ1n) is 2.54. The zero-order valence-corrected chi connectivity index (χ0v) is 5.78. The summed E-state index contributed by atoms with van der Waals surface area (Å²) in [5.41, 5.74) is 0. The lowest BCUT2D eigenvalue weighted by atomic mass is 10.2. The second kappa shape index (κ2) is 4.21. The lowest BCUT2D eigenvalue weighted by Crippen LogP contribution is -1.97. The summed E-state index contributed by atoms with van der Waals surface area (Å²) in [4.78, 5) is 10.4. The highest BCUT2D eigenvalue weighted by Gasteiger charge is 1.96. The van der Waals surface area contributed by atoms with Crippen molar-refractivity contribution in [3.63, 3.8) is 0 Å². The Morgan fingerprint density at radius 1 is 1.67 bits per heavy atom. The molecule has 0 radical (unpaired) electrons. The Labute approximate surface area is 59.2 Å². The Morgan fingerprint density at radius 3 is 2.56 bits per heavy atom. The lowest BCUT2D eigenvalue weighted by molar-refractivity contribution is -0.114. The van der Waals surface area contributed by atoms with Crippen molar-refractivity contribution in [2.24, 2.45) is 0 Å². The molecule has 0 heterocycles. The van der Waals surface area contributed by atoms with Gasteiger partial charge in [-0.05, 0) is 18.3 Å². The summed E-state index contributed by atoms with van der Waals surface area (Å²) in [6.45, 7) is 3.26. The van der Waals surface area contributed by atoms with Gasteiger partial charge in [0.25, 0.3) is 0 Å². The standard InChI is InChI=1S/C6H8O2S/c1-2-5(7)3-4-6(8)9/h2H,1,3-4H2,(H,8,9). The molecular weight excluding hydrogens is 136 g/mol. The summed E-state index contributed by atoms with van der Waals surface area (Å²) < 4.78 is 0. The van der Waals surface area contributed by atoms with E-state index in [9.17, 15) is 4.79 Å². The van der Waals surface area contributed by atoms with E-state index in [4.69, 9.17) is 5.11 Å². The SMILES string of the molecule is C=CC(=O)CCC(O)=S. The summed E-state index contributed by atoms with van der Waals surface area (Å²) in [6.07, 6.45) is 1.75. The number of hydrogen-bond donors (Lipinski definition) is 1. The van der Waals surface area contributed by atoms with Crippen molar-refractivity contribution in [2.75, 3.05) is 0 Å². The predicted octanol–water partition coefficient (Wildman–Crippen LogP) is 1.41. The lowest BCUT2D eigenvalue weighted by Gasteiger charge is -1.90. The molecule has 0 fully saturated rings. The number of rotatable bonds is 4. The maximum absolute atomic E-state index is 10.4. The molecule has 0 aliphatic heterocycles. The van der Waals surface area contributed by atoms with Gasteiger partial charge in [-0.25, -0.2) is 0 Å². The number of allylic oxidation sites excluding steroid dienone is 1. The molecular formula is C6H8O2S. The molecule has 3 heteroatoms. The minimum absolute atomic E-state index is 0.0913. The summed E-state index contributed by atoms with van der Waals surface area (Å²) in [5.74, 6) is -0.0913. The maximum atomic E-state index is 10.4. The third-order valence-electron chi connectivity index (χ3n) is 0.813. The van der Waals surface area contributed by atoms with Crippen molar-refractivity contribution >= 4 is 23.1 Å². The van der Waals surface area contributed by atoms with Crippen molar-refractivity contribution in [1.29, 1.82) is 0 Å². The number of thiocarbonyl (C=S) groups is 1. The summed E-state index contributed by atoms with van der Waals surface area (Å²) >= 11 is 4.33. The Balaban J connectivity index is 3.39. The molecule has 0 unspecified atom stereocenters. The number of hydrogen-bond acceptors (Lipinski definition) is 2. The first-order valence-corrected chi connectivity index (χ1v) is 2.94. The summed E-state index contributed by atoms with van der Waals surface area (Å²) in [6, 6.07) is 0. The van der Waals surface area contributed by atoms with Gasteiger partial charge in [0.1, 0.15) is 0 Å². The third-order valence-corrected chi connectivity index (χ3v) is 1.02. The van der Waals surface area contributed by atoms with Gasteiger partial charge >= 0.3 is 0 Å². The van der Waals surface area contributed by atoms with Gasteiger partial charge in [0.05, 0.1) is 0 Å². The molecule has 0 atom stereocenters. The van der Waals surface area contributed by atoms with Gasteiger partial charge in [-0.3, -0.25) is 4.79 Å². The Morgan fingerprint density at radius 2 is 2.22 bits per heavy atom. The van der Waals surface area contributed by atoms with E-state index in [2.05, 4.69) is 18.8 Å². The molecule has 0 bridgehead atoms. The highest BCUT2D eigenvalue weighted by atomic mass is 32.1. The molecule has 0 saturated carbocycles. The summed E-state index contributed by atoms with van der Waals surface area (Å²) in [7, 11) is 0. The van der Waals surface area contributed by atoms with Crippen molar-refractivity contribution in [3.8, 4) is 0 Å². The van der Waals surface area contributed by atoms with Gasteiger partial charge in [0.2, 0.25) is 0 Å². The van der Waals surface area contributed by atoms with Crippen LogP contribution in [0.2, 0.25) is 0 Å². The topological polar surface area (TPSA) is 37.3 Å². The van der Waals surface area contributed by atoms with E-state index < -0.39 is 0 Å². The molecule has 0 aliphatic rings. The van der Waals surface area contributed by atoms with Crippen molar-refractivity contribution < 1.29 is 9.90 Å². The van der Waals surface area contributed by atoms with Gasteiger partial charge in [-0.15, -0.1) is 0 Å². The van der Waals surface area contributed by atoms with Crippen LogP contribution in [-0.2, 0) is 4.79 Å². The molecule has 50 valence electrons. The van der Waals surface area contributed by atoms with Crippen LogP contribution in [0.4, 0.5) is 0 Å². The van der Waals surface area contributed by atoms with Crippen LogP contribution in [0.3, 0.4) is 0 Å². The highest BCUT2D eigenvalue weighted by molar-refractivity contribution is 7.80. The van der Waals surface area contributed by atoms with Crippen molar-refractivity contribution in [1.82, 2.24) is 0 Å². The van der Waals surface area contributed by atoms with Crippen LogP contribution < -0.4 is 0 Å². The second-order valence-corrected chi connectivity index (χ2v) is 2.04. The highest BCUT2D eigenvalue weighted by Crippen LogP contribution is 1.92. The van der Waals surface area contributed by atoms with Crippen molar-refractivity contribution in [2.45, 2.75) is 12.8 Å².